The third-order valence-electron chi connectivity index (χ3n) is 0.200. The van der Waals surface area contributed by atoms with Crippen molar-refractivity contribution in [2.45, 2.75) is 0 Å². The standard InChI is InChI=1S/7O.2Sb/q;;;4*-1;;. The van der Waals surface area contributed by atoms with Gasteiger partial charge in [-0.3, -0.25) is 0 Å². The van der Waals surface area contributed by atoms with Gasteiger partial charge in [-0.05, 0) is 0 Å². The SMILES string of the molecule is [O]=[Sb]([O-])([O-])[O][Sb](=[O])([O-])[O-]. The summed E-state index contributed by atoms with van der Waals surface area (Å²) in [6, 6.07) is 0. The first kappa shape index (κ1) is 10.0. The molecule has 0 amide bonds. The molecule has 9 heavy (non-hydrogen) atoms. The maximum absolute atomic E-state index is 9.44. The van der Waals surface area contributed by atoms with Crippen LogP contribution in [0.5, 0.6) is 0 Å². The van der Waals surface area contributed by atoms with Gasteiger partial charge in [-0.15, -0.1) is 0 Å². The fraction of sp³-hybridized carbons (Fsp3) is 0. The quantitative estimate of drug-likeness (QED) is 0.450. The van der Waals surface area contributed by atoms with Crippen molar-refractivity contribution >= 4 is 40.1 Å². The van der Waals surface area contributed by atoms with Gasteiger partial charge in [0.1, 0.15) is 0 Å². The Hall–Kier alpha value is 1.04. The average Bonchev–Trinajstić information content (AvgIpc) is 1.14. The summed E-state index contributed by atoms with van der Waals surface area (Å²) in [5.74, 6) is 0. The van der Waals surface area contributed by atoms with Gasteiger partial charge in [0.05, 0.1) is 0 Å². The van der Waals surface area contributed by atoms with Crippen LogP contribution in [0.4, 0.5) is 0 Å². The fourth-order valence-corrected chi connectivity index (χ4v) is 5.51. The Morgan fingerprint density at radius 3 is 1.11 bits per heavy atom. The van der Waals surface area contributed by atoms with Crippen molar-refractivity contribution in [2.24, 2.45) is 0 Å². The molecule has 0 aliphatic carbocycles. The molecule has 56 valence electrons. The Labute approximate surface area is 60.7 Å². The molecule has 9 heteroatoms. The molecule has 0 aromatic heterocycles. The summed E-state index contributed by atoms with van der Waals surface area (Å²) in [5, 5.41) is 0. The number of hydrogen-bond donors (Lipinski definition) is 0. The first-order chi connectivity index (χ1) is 3.71. The predicted octanol–water partition coefficient (Wildman–Crippen LogP) is -5.82. The van der Waals surface area contributed by atoms with Gasteiger partial charge >= 0.3 is 61.0 Å². The van der Waals surface area contributed by atoms with Crippen molar-refractivity contribution in [1.82, 2.24) is 0 Å². The van der Waals surface area contributed by atoms with Crippen LogP contribution in [0.2, 0.25) is 0 Å². The first-order valence-corrected chi connectivity index (χ1v) is 9.80. The van der Waals surface area contributed by atoms with Gasteiger partial charge in [-0.1, -0.05) is 0 Å². The van der Waals surface area contributed by atoms with Crippen LogP contribution in [0.1, 0.15) is 0 Å². The van der Waals surface area contributed by atoms with Crippen LogP contribution in [0, 0.1) is 0 Å². The topological polar surface area (TPSA) is 136 Å². The van der Waals surface area contributed by atoms with Crippen molar-refractivity contribution in [2.75, 3.05) is 0 Å². The van der Waals surface area contributed by atoms with E-state index >= 15 is 0 Å². The predicted molar refractivity (Wildman–Crippen MR) is 14.0 cm³/mol. The van der Waals surface area contributed by atoms with Crippen LogP contribution < -0.4 is 13.5 Å². The minimum atomic E-state index is -6.45. The van der Waals surface area contributed by atoms with E-state index in [1.165, 1.54) is 0 Å². The van der Waals surface area contributed by atoms with Crippen LogP contribution in [0.15, 0.2) is 0 Å². The van der Waals surface area contributed by atoms with E-state index in [4.69, 9.17) is 0 Å². The van der Waals surface area contributed by atoms with Crippen molar-refractivity contribution in [1.29, 1.82) is 0 Å². The molecule has 0 atom stereocenters. The van der Waals surface area contributed by atoms with E-state index in [9.17, 15) is 19.6 Å². The normalized spacial score (nSPS) is 13.8. The molecule has 0 unspecified atom stereocenters. The van der Waals surface area contributed by atoms with E-state index in [0.29, 0.717) is 0 Å². The first-order valence-electron chi connectivity index (χ1n) is 1.46. The molecule has 0 radical (unpaired) electrons. The summed E-state index contributed by atoms with van der Waals surface area (Å²) >= 11 is -12.9. The van der Waals surface area contributed by atoms with Crippen molar-refractivity contribution in [3.05, 3.63) is 0 Å². The van der Waals surface area contributed by atoms with Crippen LogP contribution in [-0.2, 0) is 7.33 Å². The molecule has 0 rings (SSSR count). The molecule has 0 heterocycles. The van der Waals surface area contributed by atoms with Gasteiger partial charge in [0.15, 0.2) is 0 Å². The van der Waals surface area contributed by atoms with Gasteiger partial charge in [0.25, 0.3) is 0 Å². The zero-order valence-electron chi connectivity index (χ0n) is 3.75. The minimum absolute atomic E-state index is 2.69. The summed E-state index contributed by atoms with van der Waals surface area (Å²) in [4.78, 5) is 0. The third kappa shape index (κ3) is 9.04. The van der Waals surface area contributed by atoms with E-state index in [2.05, 4.69) is 1.29 Å². The molecule has 0 aromatic carbocycles. The van der Waals surface area contributed by atoms with Crippen LogP contribution in [-0.4, -0.2) is 40.1 Å². The molecule has 0 aliphatic heterocycles. The Morgan fingerprint density at radius 2 is 1.11 bits per heavy atom. The van der Waals surface area contributed by atoms with E-state index < -0.39 is 40.1 Å². The summed E-state index contributed by atoms with van der Waals surface area (Å²) < 4.78 is 59.3. The van der Waals surface area contributed by atoms with Crippen molar-refractivity contribution in [3.8, 4) is 0 Å². The zero-order chi connectivity index (χ0) is 7.71. The molecule has 0 saturated carbocycles. The zero-order valence-corrected chi connectivity index (χ0v) is 8.86. The van der Waals surface area contributed by atoms with Gasteiger partial charge in [0, 0.05) is 0 Å². The number of hydrogen-bond acceptors (Lipinski definition) is 7. The van der Waals surface area contributed by atoms with Crippen molar-refractivity contribution < 1.29 is 20.9 Å². The Bertz CT molecular complexity index is 147. The van der Waals surface area contributed by atoms with Gasteiger partial charge in [-0.2, -0.15) is 0 Å². The van der Waals surface area contributed by atoms with Gasteiger partial charge in [0.2, 0.25) is 0 Å². The molecular formula is O7Sb2-4. The monoisotopic (exact) mass is 354 g/mol. The molecule has 7 nitrogen and oxygen atoms in total. The summed E-state index contributed by atoms with van der Waals surface area (Å²) in [7, 11) is 0. The van der Waals surface area contributed by atoms with E-state index in [1.54, 1.807) is 0 Å². The van der Waals surface area contributed by atoms with Crippen LogP contribution in [0.25, 0.3) is 0 Å². The summed E-state index contributed by atoms with van der Waals surface area (Å²) in [5.41, 5.74) is 0. The van der Waals surface area contributed by atoms with Gasteiger partial charge < -0.3 is 0 Å². The van der Waals surface area contributed by atoms with E-state index in [0.717, 1.165) is 0 Å². The molecule has 0 fully saturated rings. The Kier molecular flexibility index (Phi) is 3.30. The second-order valence-corrected chi connectivity index (χ2v) is 9.67. The second-order valence-electron chi connectivity index (χ2n) is 0.976. The Balaban J connectivity index is 4.07. The number of rotatable bonds is 2. The molecule has 0 N–H and O–H groups in total. The van der Waals surface area contributed by atoms with E-state index in [-0.39, 0.29) is 0 Å². The Morgan fingerprint density at radius 1 is 0.889 bits per heavy atom. The van der Waals surface area contributed by atoms with Crippen LogP contribution >= 0.6 is 0 Å². The molecule has 0 aromatic rings. The third-order valence-corrected chi connectivity index (χ3v) is 9.00. The summed E-state index contributed by atoms with van der Waals surface area (Å²) in [6.07, 6.45) is 0. The molecule has 0 bridgehead atoms. The van der Waals surface area contributed by atoms with Crippen LogP contribution in [0.3, 0.4) is 0 Å². The van der Waals surface area contributed by atoms with Crippen molar-refractivity contribution in [3.63, 3.8) is 0 Å². The second kappa shape index (κ2) is 2.96. The maximum atomic E-state index is 9.44. The summed E-state index contributed by atoms with van der Waals surface area (Å²) in [6.45, 7) is 0. The molecule has 0 aliphatic rings. The van der Waals surface area contributed by atoms with Gasteiger partial charge in [-0.25, -0.2) is 0 Å². The molecule has 0 saturated heterocycles. The fourth-order valence-electron chi connectivity index (χ4n) is 0.122. The molecule has 0 spiro atoms. The average molecular weight is 356 g/mol. The van der Waals surface area contributed by atoms with E-state index in [1.807, 2.05) is 0 Å². The molecular weight excluding hydrogens is 356 g/mol.